The highest BCUT2D eigenvalue weighted by atomic mass is 35.5. The molecule has 1 aromatic carbocycles. The second kappa shape index (κ2) is 7.47. The normalized spacial score (nSPS) is 16.0. The Morgan fingerprint density at radius 3 is 2.68 bits per heavy atom. The molecule has 0 amide bonds. The van der Waals surface area contributed by atoms with Gasteiger partial charge in [0.1, 0.15) is 18.5 Å². The largest absolute Gasteiger partial charge is 0.491 e. The van der Waals surface area contributed by atoms with Crippen LogP contribution in [-0.4, -0.2) is 35.3 Å². The summed E-state index contributed by atoms with van der Waals surface area (Å²) in [5.74, 6) is 0.735. The maximum atomic E-state index is 10.3. The van der Waals surface area contributed by atoms with E-state index in [4.69, 9.17) is 16.3 Å². The van der Waals surface area contributed by atoms with E-state index in [2.05, 4.69) is 21.7 Å². The van der Waals surface area contributed by atoms with E-state index in [9.17, 15) is 5.11 Å². The Kier molecular flexibility index (Phi) is 5.37. The number of ether oxygens (including phenoxy) is 1. The first-order chi connectivity index (χ1) is 10.7. The minimum atomic E-state index is -0.491. The van der Waals surface area contributed by atoms with Gasteiger partial charge in [0.25, 0.3) is 0 Å². The Balaban J connectivity index is 1.48. The molecule has 0 aliphatic heterocycles. The standard InChI is InChI=1S/C17H20ClNO2S/c18-14-1-5-17(6-2-14)21-11-16(20)10-19(15-3-4-15)9-13-7-8-22-12-13/h1-2,5-8,12,15-16,20H,3-4,9-11H2/t16-/m0/s1. The third kappa shape index (κ3) is 4.71. The number of benzene rings is 1. The molecule has 0 unspecified atom stereocenters. The van der Waals surface area contributed by atoms with Crippen molar-refractivity contribution in [1.29, 1.82) is 0 Å². The molecule has 0 bridgehead atoms. The lowest BCUT2D eigenvalue weighted by Crippen LogP contribution is -2.36. The van der Waals surface area contributed by atoms with E-state index in [1.54, 1.807) is 23.5 Å². The van der Waals surface area contributed by atoms with Gasteiger partial charge in [0.15, 0.2) is 0 Å². The molecule has 1 aliphatic carbocycles. The van der Waals surface area contributed by atoms with Gasteiger partial charge in [-0.3, -0.25) is 4.90 Å². The van der Waals surface area contributed by atoms with E-state index in [-0.39, 0.29) is 0 Å². The Bertz CT molecular complexity index is 569. The highest BCUT2D eigenvalue weighted by Crippen LogP contribution is 2.29. The van der Waals surface area contributed by atoms with E-state index in [0.29, 0.717) is 24.2 Å². The van der Waals surface area contributed by atoms with Crippen molar-refractivity contribution in [2.24, 2.45) is 0 Å². The van der Waals surface area contributed by atoms with Crippen LogP contribution in [0.5, 0.6) is 5.75 Å². The first-order valence-corrected chi connectivity index (χ1v) is 8.84. The summed E-state index contributed by atoms with van der Waals surface area (Å²) in [5, 5.41) is 15.2. The average Bonchev–Trinajstić information content (AvgIpc) is 3.24. The minimum Gasteiger partial charge on any atom is -0.491 e. The highest BCUT2D eigenvalue weighted by molar-refractivity contribution is 7.07. The fourth-order valence-electron chi connectivity index (χ4n) is 2.45. The second-order valence-corrected chi connectivity index (χ2v) is 6.93. The van der Waals surface area contributed by atoms with Crippen molar-refractivity contribution >= 4 is 22.9 Å². The van der Waals surface area contributed by atoms with Gasteiger partial charge in [0, 0.05) is 24.2 Å². The quantitative estimate of drug-likeness (QED) is 0.795. The molecule has 118 valence electrons. The summed E-state index contributed by atoms with van der Waals surface area (Å²) in [7, 11) is 0. The van der Waals surface area contributed by atoms with E-state index >= 15 is 0 Å². The lowest BCUT2D eigenvalue weighted by molar-refractivity contribution is 0.0627. The molecule has 1 N–H and O–H groups in total. The van der Waals surface area contributed by atoms with Crippen LogP contribution in [0.2, 0.25) is 5.02 Å². The molecular weight excluding hydrogens is 318 g/mol. The fourth-order valence-corrected chi connectivity index (χ4v) is 3.23. The Morgan fingerprint density at radius 2 is 2.05 bits per heavy atom. The lowest BCUT2D eigenvalue weighted by atomic mass is 10.2. The van der Waals surface area contributed by atoms with E-state index < -0.39 is 6.10 Å². The van der Waals surface area contributed by atoms with Gasteiger partial charge in [-0.1, -0.05) is 11.6 Å². The first-order valence-electron chi connectivity index (χ1n) is 7.52. The molecule has 0 spiro atoms. The maximum Gasteiger partial charge on any atom is 0.119 e. The zero-order chi connectivity index (χ0) is 15.4. The fraction of sp³-hybridized carbons (Fsp3) is 0.412. The highest BCUT2D eigenvalue weighted by Gasteiger charge is 2.30. The first kappa shape index (κ1) is 15.8. The van der Waals surface area contributed by atoms with Crippen LogP contribution in [0, 0.1) is 0 Å². The van der Waals surface area contributed by atoms with Crippen LogP contribution in [-0.2, 0) is 6.54 Å². The molecule has 1 fully saturated rings. The van der Waals surface area contributed by atoms with Gasteiger partial charge in [-0.2, -0.15) is 11.3 Å². The molecule has 0 saturated heterocycles. The summed E-state index contributed by atoms with van der Waals surface area (Å²) in [6, 6.07) is 9.98. The number of hydrogen-bond acceptors (Lipinski definition) is 4. The number of thiophene rings is 1. The summed E-state index contributed by atoms with van der Waals surface area (Å²) in [4.78, 5) is 2.36. The smallest absolute Gasteiger partial charge is 0.119 e. The van der Waals surface area contributed by atoms with Crippen LogP contribution in [0.1, 0.15) is 18.4 Å². The lowest BCUT2D eigenvalue weighted by Gasteiger charge is -2.24. The SMILES string of the molecule is O[C@H](COc1ccc(Cl)cc1)CN(Cc1ccsc1)C1CC1. The summed E-state index contributed by atoms with van der Waals surface area (Å²) in [6.07, 6.45) is 1.97. The van der Waals surface area contributed by atoms with Crippen LogP contribution in [0.15, 0.2) is 41.1 Å². The van der Waals surface area contributed by atoms with Gasteiger partial charge in [0.05, 0.1) is 0 Å². The van der Waals surface area contributed by atoms with Crippen molar-refractivity contribution in [1.82, 2.24) is 4.90 Å². The third-order valence-electron chi connectivity index (χ3n) is 3.73. The van der Waals surface area contributed by atoms with Crippen molar-refractivity contribution in [2.75, 3.05) is 13.2 Å². The molecule has 5 heteroatoms. The van der Waals surface area contributed by atoms with Crippen molar-refractivity contribution in [3.63, 3.8) is 0 Å². The molecule has 1 aliphatic rings. The minimum absolute atomic E-state index is 0.300. The zero-order valence-corrected chi connectivity index (χ0v) is 13.9. The second-order valence-electron chi connectivity index (χ2n) is 5.71. The van der Waals surface area contributed by atoms with Crippen molar-refractivity contribution in [2.45, 2.75) is 31.5 Å². The van der Waals surface area contributed by atoms with E-state index in [1.165, 1.54) is 18.4 Å². The predicted molar refractivity (Wildman–Crippen MR) is 90.7 cm³/mol. The van der Waals surface area contributed by atoms with E-state index in [0.717, 1.165) is 12.3 Å². The van der Waals surface area contributed by atoms with Crippen LogP contribution in [0.3, 0.4) is 0 Å². The summed E-state index contributed by atoms with van der Waals surface area (Å²) < 4.78 is 5.63. The topological polar surface area (TPSA) is 32.7 Å². The van der Waals surface area contributed by atoms with E-state index in [1.807, 2.05) is 12.1 Å². The summed E-state index contributed by atoms with van der Waals surface area (Å²) in [6.45, 7) is 1.86. The molecule has 3 rings (SSSR count). The summed E-state index contributed by atoms with van der Waals surface area (Å²) >= 11 is 7.56. The van der Waals surface area contributed by atoms with Gasteiger partial charge in [-0.25, -0.2) is 0 Å². The summed E-state index contributed by atoms with van der Waals surface area (Å²) in [5.41, 5.74) is 1.32. The number of nitrogens with zero attached hydrogens (tertiary/aromatic N) is 1. The molecule has 2 aromatic rings. The van der Waals surface area contributed by atoms with Crippen LogP contribution in [0.4, 0.5) is 0 Å². The monoisotopic (exact) mass is 337 g/mol. The molecule has 1 aromatic heterocycles. The average molecular weight is 338 g/mol. The van der Waals surface area contributed by atoms with Crippen molar-refractivity contribution in [3.8, 4) is 5.75 Å². The number of rotatable bonds is 8. The number of aliphatic hydroxyl groups excluding tert-OH is 1. The van der Waals surface area contributed by atoms with Crippen molar-refractivity contribution < 1.29 is 9.84 Å². The van der Waals surface area contributed by atoms with Crippen molar-refractivity contribution in [3.05, 3.63) is 51.7 Å². The molecule has 3 nitrogen and oxygen atoms in total. The zero-order valence-electron chi connectivity index (χ0n) is 12.3. The number of aliphatic hydroxyl groups is 1. The molecule has 22 heavy (non-hydrogen) atoms. The maximum absolute atomic E-state index is 10.3. The van der Waals surface area contributed by atoms with Gasteiger partial charge >= 0.3 is 0 Å². The molecular formula is C17H20ClNO2S. The van der Waals surface area contributed by atoms with Gasteiger partial charge in [0.2, 0.25) is 0 Å². The Morgan fingerprint density at radius 1 is 1.27 bits per heavy atom. The van der Waals surface area contributed by atoms with Gasteiger partial charge in [-0.15, -0.1) is 0 Å². The predicted octanol–water partition coefficient (Wildman–Crippen LogP) is 3.81. The molecule has 1 atom stereocenters. The Labute approximate surface area is 140 Å². The third-order valence-corrected chi connectivity index (χ3v) is 4.71. The van der Waals surface area contributed by atoms with Crippen LogP contribution in [0.25, 0.3) is 0 Å². The number of halogens is 1. The van der Waals surface area contributed by atoms with Gasteiger partial charge in [-0.05, 0) is 59.5 Å². The van der Waals surface area contributed by atoms with Gasteiger partial charge < -0.3 is 9.84 Å². The molecule has 0 radical (unpaired) electrons. The van der Waals surface area contributed by atoms with Crippen LogP contribution < -0.4 is 4.74 Å². The van der Waals surface area contributed by atoms with Crippen LogP contribution >= 0.6 is 22.9 Å². The Hall–Kier alpha value is -1.07. The number of hydrogen-bond donors (Lipinski definition) is 1. The molecule has 1 heterocycles. The molecule has 1 saturated carbocycles.